The number of anilines is 1. The topological polar surface area (TPSA) is 50.7 Å². The van der Waals surface area contributed by atoms with Gasteiger partial charge in [0.25, 0.3) is 6.43 Å². The van der Waals surface area contributed by atoms with E-state index in [0.29, 0.717) is 11.3 Å². The molecule has 0 spiro atoms. The maximum Gasteiger partial charge on any atom is 0.297 e. The van der Waals surface area contributed by atoms with Crippen LogP contribution in [0.5, 0.6) is 0 Å². The Labute approximate surface area is 136 Å². The monoisotopic (exact) mass is 334 g/mol. The number of aromatic nitrogens is 3. The van der Waals surface area contributed by atoms with Crippen molar-refractivity contribution in [1.82, 2.24) is 15.0 Å². The van der Waals surface area contributed by atoms with Gasteiger partial charge in [-0.25, -0.2) is 23.7 Å². The van der Waals surface area contributed by atoms with Crippen molar-refractivity contribution in [2.45, 2.75) is 32.7 Å². The third-order valence-electron chi connectivity index (χ3n) is 3.46. The molecule has 23 heavy (non-hydrogen) atoms. The van der Waals surface area contributed by atoms with Gasteiger partial charge in [-0.3, -0.25) is 0 Å². The number of nitrogens with zero attached hydrogens (tertiary/aromatic N) is 3. The van der Waals surface area contributed by atoms with E-state index in [1.807, 2.05) is 25.3 Å². The van der Waals surface area contributed by atoms with E-state index in [1.54, 1.807) is 23.5 Å². The van der Waals surface area contributed by atoms with Gasteiger partial charge in [-0.1, -0.05) is 19.1 Å². The summed E-state index contributed by atoms with van der Waals surface area (Å²) in [5.41, 5.74) is 0.501. The molecular formula is C16H16F2N4S. The van der Waals surface area contributed by atoms with Gasteiger partial charge >= 0.3 is 0 Å². The predicted octanol–water partition coefficient (Wildman–Crippen LogP) is 4.76. The third-order valence-corrected chi connectivity index (χ3v) is 4.78. The first kappa shape index (κ1) is 15.7. The molecule has 0 saturated heterocycles. The molecule has 3 rings (SSSR count). The summed E-state index contributed by atoms with van der Waals surface area (Å²) in [7, 11) is 0. The average Bonchev–Trinajstić information content (AvgIpc) is 3.04. The molecule has 1 atom stereocenters. The number of hydrogen-bond acceptors (Lipinski definition) is 5. The lowest BCUT2D eigenvalue weighted by Crippen LogP contribution is -2.10. The molecule has 4 nitrogen and oxygen atoms in total. The normalized spacial score (nSPS) is 12.7. The highest BCUT2D eigenvalue weighted by molar-refractivity contribution is 7.11. The highest BCUT2D eigenvalue weighted by atomic mass is 32.1. The Bertz CT molecular complexity index is 819. The van der Waals surface area contributed by atoms with Crippen molar-refractivity contribution in [3.63, 3.8) is 0 Å². The van der Waals surface area contributed by atoms with Crippen LogP contribution in [0.2, 0.25) is 0 Å². The van der Waals surface area contributed by atoms with Crippen molar-refractivity contribution in [2.24, 2.45) is 0 Å². The first-order valence-electron chi connectivity index (χ1n) is 7.34. The van der Waals surface area contributed by atoms with E-state index in [-0.39, 0.29) is 6.04 Å². The van der Waals surface area contributed by atoms with Crippen LogP contribution in [0.15, 0.2) is 30.5 Å². The molecule has 0 bridgehead atoms. The van der Waals surface area contributed by atoms with Crippen LogP contribution in [-0.2, 0) is 6.42 Å². The average molecular weight is 334 g/mol. The van der Waals surface area contributed by atoms with Gasteiger partial charge in [0.05, 0.1) is 11.6 Å². The van der Waals surface area contributed by atoms with E-state index in [0.717, 1.165) is 16.8 Å². The quantitative estimate of drug-likeness (QED) is 0.731. The second kappa shape index (κ2) is 6.54. The molecule has 3 aromatic rings. The molecule has 0 aliphatic carbocycles. The zero-order valence-corrected chi connectivity index (χ0v) is 13.6. The first-order chi connectivity index (χ1) is 11.1. The number of halogens is 2. The molecule has 0 saturated carbocycles. The van der Waals surface area contributed by atoms with Crippen molar-refractivity contribution < 1.29 is 8.78 Å². The summed E-state index contributed by atoms with van der Waals surface area (Å²) < 4.78 is 26.0. The predicted molar refractivity (Wildman–Crippen MR) is 88.0 cm³/mol. The summed E-state index contributed by atoms with van der Waals surface area (Å²) in [6.07, 6.45) is 0.0685. The summed E-state index contributed by atoms with van der Waals surface area (Å²) in [5.74, 6) is -0.0570. The molecule has 1 aromatic carbocycles. The largest absolute Gasteiger partial charge is 0.360 e. The summed E-state index contributed by atoms with van der Waals surface area (Å²) in [6.45, 7) is 4.01. The van der Waals surface area contributed by atoms with Gasteiger partial charge in [0.15, 0.2) is 5.82 Å². The second-order valence-corrected chi connectivity index (χ2v) is 6.28. The van der Waals surface area contributed by atoms with Crippen LogP contribution in [0.3, 0.4) is 0 Å². The number of nitrogens with one attached hydrogen (secondary N) is 1. The van der Waals surface area contributed by atoms with E-state index in [9.17, 15) is 8.78 Å². The lowest BCUT2D eigenvalue weighted by atomic mass is 10.2. The minimum absolute atomic E-state index is 0.121. The summed E-state index contributed by atoms with van der Waals surface area (Å²) in [6, 6.07) is 7.01. The van der Waals surface area contributed by atoms with Crippen LogP contribution >= 0.6 is 11.3 Å². The standard InChI is InChI=1S/C16H16F2N4S/c1-3-10-8-19-16(23-10)9(2)20-14-11-6-4-5-7-12(11)21-15(22-14)13(17)18/h4-9,13H,3H2,1-2H3,(H,20,21,22). The van der Waals surface area contributed by atoms with Gasteiger partial charge in [0.2, 0.25) is 0 Å². The number of rotatable bonds is 5. The Morgan fingerprint density at radius 1 is 1.22 bits per heavy atom. The fraction of sp³-hybridized carbons (Fsp3) is 0.312. The number of benzene rings is 1. The van der Waals surface area contributed by atoms with Gasteiger partial charge in [-0.15, -0.1) is 11.3 Å². The molecule has 0 aliphatic rings. The second-order valence-electron chi connectivity index (χ2n) is 5.13. The van der Waals surface area contributed by atoms with E-state index in [1.165, 1.54) is 4.88 Å². The summed E-state index contributed by atoms with van der Waals surface area (Å²) in [5, 5.41) is 4.82. The Morgan fingerprint density at radius 3 is 2.70 bits per heavy atom. The molecule has 0 radical (unpaired) electrons. The summed E-state index contributed by atoms with van der Waals surface area (Å²) >= 11 is 1.61. The lowest BCUT2D eigenvalue weighted by Gasteiger charge is -2.15. The minimum Gasteiger partial charge on any atom is -0.360 e. The molecule has 7 heteroatoms. The number of hydrogen-bond donors (Lipinski definition) is 1. The van der Waals surface area contributed by atoms with Gasteiger partial charge in [0, 0.05) is 16.5 Å². The molecule has 120 valence electrons. The molecule has 2 aromatic heterocycles. The smallest absolute Gasteiger partial charge is 0.297 e. The van der Waals surface area contributed by atoms with Crippen molar-refractivity contribution in [1.29, 1.82) is 0 Å². The van der Waals surface area contributed by atoms with Crippen LogP contribution < -0.4 is 5.32 Å². The first-order valence-corrected chi connectivity index (χ1v) is 8.16. The van der Waals surface area contributed by atoms with Crippen molar-refractivity contribution in [3.8, 4) is 0 Å². The Balaban J connectivity index is 1.97. The number of alkyl halides is 2. The number of aryl methyl sites for hydroxylation is 1. The maximum atomic E-state index is 13.0. The maximum absolute atomic E-state index is 13.0. The highest BCUT2D eigenvalue weighted by Crippen LogP contribution is 2.28. The Hall–Kier alpha value is -2.15. The van der Waals surface area contributed by atoms with E-state index >= 15 is 0 Å². The fourth-order valence-electron chi connectivity index (χ4n) is 2.26. The van der Waals surface area contributed by atoms with E-state index in [2.05, 4.69) is 27.2 Å². The zero-order chi connectivity index (χ0) is 16.4. The lowest BCUT2D eigenvalue weighted by molar-refractivity contribution is 0.141. The van der Waals surface area contributed by atoms with Crippen molar-refractivity contribution in [2.75, 3.05) is 5.32 Å². The Kier molecular flexibility index (Phi) is 4.47. The Morgan fingerprint density at radius 2 is 2.00 bits per heavy atom. The zero-order valence-electron chi connectivity index (χ0n) is 12.8. The van der Waals surface area contributed by atoms with Crippen LogP contribution in [0.1, 0.15) is 42.0 Å². The number of fused-ring (bicyclic) bond motifs is 1. The van der Waals surface area contributed by atoms with Crippen LogP contribution in [0.25, 0.3) is 10.9 Å². The van der Waals surface area contributed by atoms with Crippen LogP contribution in [-0.4, -0.2) is 15.0 Å². The fourth-order valence-corrected chi connectivity index (χ4v) is 3.11. The number of thiazole rings is 1. The van der Waals surface area contributed by atoms with Gasteiger partial charge in [-0.05, 0) is 25.5 Å². The van der Waals surface area contributed by atoms with Crippen LogP contribution in [0.4, 0.5) is 14.6 Å². The van der Waals surface area contributed by atoms with Gasteiger partial charge in [-0.2, -0.15) is 0 Å². The molecule has 0 fully saturated rings. The summed E-state index contributed by atoms with van der Waals surface area (Å²) in [4.78, 5) is 13.5. The van der Waals surface area contributed by atoms with Gasteiger partial charge < -0.3 is 5.32 Å². The molecule has 1 N–H and O–H groups in total. The van der Waals surface area contributed by atoms with Crippen molar-refractivity contribution in [3.05, 3.63) is 46.2 Å². The van der Waals surface area contributed by atoms with Crippen molar-refractivity contribution >= 4 is 28.1 Å². The molecular weight excluding hydrogens is 318 g/mol. The SMILES string of the molecule is CCc1cnc(C(C)Nc2nc(C(F)F)nc3ccccc23)s1. The minimum atomic E-state index is -2.71. The molecule has 2 heterocycles. The molecule has 0 aliphatic heterocycles. The molecule has 1 unspecified atom stereocenters. The van der Waals surface area contributed by atoms with Crippen LogP contribution in [0, 0.1) is 0 Å². The third kappa shape index (κ3) is 3.29. The van der Waals surface area contributed by atoms with Gasteiger partial charge in [0.1, 0.15) is 10.8 Å². The van der Waals surface area contributed by atoms with E-state index < -0.39 is 12.2 Å². The molecule has 0 amide bonds. The highest BCUT2D eigenvalue weighted by Gasteiger charge is 2.17. The number of para-hydroxylation sites is 1. The van der Waals surface area contributed by atoms with E-state index in [4.69, 9.17) is 0 Å².